The van der Waals surface area contributed by atoms with Crippen LogP contribution >= 0.6 is 11.3 Å². The van der Waals surface area contributed by atoms with Crippen LogP contribution in [0.15, 0.2) is 30.6 Å². The van der Waals surface area contributed by atoms with E-state index in [9.17, 15) is 0 Å². The highest BCUT2D eigenvalue weighted by atomic mass is 32.1. The van der Waals surface area contributed by atoms with Crippen molar-refractivity contribution in [2.24, 2.45) is 0 Å². The Labute approximate surface area is 150 Å². The highest BCUT2D eigenvalue weighted by molar-refractivity contribution is 7.11. The lowest BCUT2D eigenvalue weighted by molar-refractivity contribution is 0.397. The Hall–Kier alpha value is -2.67. The predicted molar refractivity (Wildman–Crippen MR) is 99.5 cm³/mol. The Morgan fingerprint density at radius 1 is 1.04 bits per heavy atom. The molecule has 0 saturated heterocycles. The molecule has 0 atom stereocenters. The maximum Gasteiger partial charge on any atom is 0.145 e. The van der Waals surface area contributed by atoms with Gasteiger partial charge >= 0.3 is 0 Å². The Bertz CT molecular complexity index is 838. The monoisotopic (exact) mass is 356 g/mol. The van der Waals surface area contributed by atoms with Crippen LogP contribution in [0.3, 0.4) is 0 Å². The van der Waals surface area contributed by atoms with Crippen LogP contribution < -0.4 is 14.8 Å². The van der Waals surface area contributed by atoms with E-state index in [1.165, 1.54) is 4.88 Å². The maximum atomic E-state index is 5.45. The lowest BCUT2D eigenvalue weighted by Crippen LogP contribution is -2.03. The third-order valence-electron chi connectivity index (χ3n) is 3.81. The lowest BCUT2D eigenvalue weighted by atomic mass is 10.1. The van der Waals surface area contributed by atoms with Crippen molar-refractivity contribution in [1.82, 2.24) is 15.0 Å². The number of ether oxygens (including phenoxy) is 2. The zero-order valence-electron chi connectivity index (χ0n) is 14.7. The molecular weight excluding hydrogens is 336 g/mol. The number of aryl methyl sites for hydroxylation is 2. The molecular formula is C18H20N4O2S. The predicted octanol–water partition coefficient (Wildman–Crippen LogP) is 3.85. The molecule has 0 spiro atoms. The van der Waals surface area contributed by atoms with E-state index in [2.05, 4.69) is 27.2 Å². The summed E-state index contributed by atoms with van der Waals surface area (Å²) in [6.07, 6.45) is 3.39. The fourth-order valence-corrected chi connectivity index (χ4v) is 3.33. The summed E-state index contributed by atoms with van der Waals surface area (Å²) in [5.74, 6) is 2.06. The van der Waals surface area contributed by atoms with E-state index < -0.39 is 0 Å². The van der Waals surface area contributed by atoms with Crippen LogP contribution in [0.2, 0.25) is 0 Å². The average molecular weight is 356 g/mol. The van der Waals surface area contributed by atoms with E-state index in [-0.39, 0.29) is 0 Å². The summed E-state index contributed by atoms with van der Waals surface area (Å²) < 4.78 is 10.9. The first-order valence-corrected chi connectivity index (χ1v) is 8.64. The molecule has 0 amide bonds. The molecule has 0 aliphatic carbocycles. The van der Waals surface area contributed by atoms with Gasteiger partial charge in [0.05, 0.1) is 50.1 Å². The van der Waals surface area contributed by atoms with Crippen LogP contribution in [0.1, 0.15) is 15.6 Å². The number of anilines is 1. The van der Waals surface area contributed by atoms with Gasteiger partial charge in [0.15, 0.2) is 0 Å². The van der Waals surface area contributed by atoms with E-state index in [0.29, 0.717) is 29.6 Å². The average Bonchev–Trinajstić information content (AvgIpc) is 2.97. The molecule has 3 rings (SSSR count). The summed E-state index contributed by atoms with van der Waals surface area (Å²) in [5.41, 5.74) is 2.54. The molecule has 130 valence electrons. The smallest absolute Gasteiger partial charge is 0.145 e. The van der Waals surface area contributed by atoms with Gasteiger partial charge in [-0.05, 0) is 26.0 Å². The van der Waals surface area contributed by atoms with Gasteiger partial charge in [0.25, 0.3) is 0 Å². The van der Waals surface area contributed by atoms with Crippen LogP contribution in [0.25, 0.3) is 11.3 Å². The molecule has 3 aromatic rings. The number of hydrogen-bond donors (Lipinski definition) is 1. The summed E-state index contributed by atoms with van der Waals surface area (Å²) in [6, 6.07) is 5.63. The molecule has 0 radical (unpaired) electrons. The topological polar surface area (TPSA) is 69.2 Å². The Morgan fingerprint density at radius 2 is 1.76 bits per heavy atom. The number of nitrogens with zero attached hydrogens (tertiary/aromatic N) is 3. The Kier molecular flexibility index (Phi) is 5.14. The normalized spacial score (nSPS) is 10.6. The highest BCUT2D eigenvalue weighted by Gasteiger charge is 2.14. The van der Waals surface area contributed by atoms with E-state index in [1.807, 2.05) is 25.1 Å². The molecule has 0 saturated carbocycles. The van der Waals surface area contributed by atoms with Crippen LogP contribution in [0, 0.1) is 13.8 Å². The fourth-order valence-electron chi connectivity index (χ4n) is 2.46. The molecule has 1 N–H and O–H groups in total. The van der Waals surface area contributed by atoms with Crippen LogP contribution in [0.4, 0.5) is 5.82 Å². The standard InChI is InChI=1S/C18H20N4O2S/c1-11-12(2)25-17(21-11)10-20-16-9-19-8-13(22-16)18-14(23-3)6-5-7-15(18)24-4/h5-9H,10H2,1-4H3,(H,20,22). The van der Waals surface area contributed by atoms with Gasteiger partial charge in [-0.1, -0.05) is 6.07 Å². The van der Waals surface area contributed by atoms with Crippen molar-refractivity contribution < 1.29 is 9.47 Å². The van der Waals surface area contributed by atoms with Gasteiger partial charge in [0.2, 0.25) is 0 Å². The summed E-state index contributed by atoms with van der Waals surface area (Å²) in [4.78, 5) is 14.7. The van der Waals surface area contributed by atoms with E-state index in [1.54, 1.807) is 38.0 Å². The second-order valence-corrected chi connectivity index (χ2v) is 6.72. The molecule has 0 aliphatic heterocycles. The number of aromatic nitrogens is 3. The minimum absolute atomic E-state index is 0.612. The first-order valence-electron chi connectivity index (χ1n) is 7.82. The van der Waals surface area contributed by atoms with E-state index in [4.69, 9.17) is 9.47 Å². The van der Waals surface area contributed by atoms with Gasteiger partial charge < -0.3 is 14.8 Å². The van der Waals surface area contributed by atoms with Gasteiger partial charge in [-0.3, -0.25) is 4.98 Å². The quantitative estimate of drug-likeness (QED) is 0.723. The van der Waals surface area contributed by atoms with Crippen LogP contribution in [-0.4, -0.2) is 29.2 Å². The van der Waals surface area contributed by atoms with Gasteiger partial charge in [0.1, 0.15) is 22.3 Å². The molecule has 0 fully saturated rings. The number of nitrogens with one attached hydrogen (secondary N) is 1. The lowest BCUT2D eigenvalue weighted by Gasteiger charge is -2.13. The number of hydrogen-bond acceptors (Lipinski definition) is 7. The summed E-state index contributed by atoms with van der Waals surface area (Å²) in [7, 11) is 3.25. The molecule has 0 unspecified atom stereocenters. The second kappa shape index (κ2) is 7.48. The molecule has 2 aromatic heterocycles. The molecule has 2 heterocycles. The third kappa shape index (κ3) is 3.71. The first kappa shape index (κ1) is 17.2. The number of benzene rings is 1. The summed E-state index contributed by atoms with van der Waals surface area (Å²) in [5, 5.41) is 4.30. The SMILES string of the molecule is COc1cccc(OC)c1-c1cncc(NCc2nc(C)c(C)s2)n1. The van der Waals surface area contributed by atoms with Gasteiger partial charge in [-0.2, -0.15) is 0 Å². The van der Waals surface area contributed by atoms with Crippen LogP contribution in [0.5, 0.6) is 11.5 Å². The molecule has 25 heavy (non-hydrogen) atoms. The van der Waals surface area contributed by atoms with Crippen molar-refractivity contribution in [3.8, 4) is 22.8 Å². The zero-order valence-corrected chi connectivity index (χ0v) is 15.5. The largest absolute Gasteiger partial charge is 0.496 e. The van der Waals surface area contributed by atoms with Crippen molar-refractivity contribution in [2.75, 3.05) is 19.5 Å². The van der Waals surface area contributed by atoms with Gasteiger partial charge in [0, 0.05) is 4.88 Å². The number of methoxy groups -OCH3 is 2. The molecule has 6 nitrogen and oxygen atoms in total. The van der Waals surface area contributed by atoms with Crippen molar-refractivity contribution in [3.05, 3.63) is 46.2 Å². The van der Waals surface area contributed by atoms with Crippen molar-refractivity contribution in [3.63, 3.8) is 0 Å². The second-order valence-electron chi connectivity index (χ2n) is 5.43. The van der Waals surface area contributed by atoms with Crippen LogP contribution in [-0.2, 0) is 6.54 Å². The number of thiazole rings is 1. The third-order valence-corrected chi connectivity index (χ3v) is 4.88. The molecule has 0 bridgehead atoms. The van der Waals surface area contributed by atoms with Crippen molar-refractivity contribution in [2.45, 2.75) is 20.4 Å². The highest BCUT2D eigenvalue weighted by Crippen LogP contribution is 2.37. The summed E-state index contributed by atoms with van der Waals surface area (Å²) >= 11 is 1.68. The maximum absolute atomic E-state index is 5.45. The van der Waals surface area contributed by atoms with E-state index in [0.717, 1.165) is 16.3 Å². The molecule has 1 aromatic carbocycles. The minimum Gasteiger partial charge on any atom is -0.496 e. The van der Waals surface area contributed by atoms with E-state index >= 15 is 0 Å². The van der Waals surface area contributed by atoms with Crippen molar-refractivity contribution in [1.29, 1.82) is 0 Å². The number of rotatable bonds is 6. The Balaban J connectivity index is 1.87. The van der Waals surface area contributed by atoms with Gasteiger partial charge in [-0.25, -0.2) is 9.97 Å². The fraction of sp³-hybridized carbons (Fsp3) is 0.278. The molecule has 0 aliphatic rings. The first-order chi connectivity index (χ1) is 12.1. The Morgan fingerprint density at radius 3 is 2.36 bits per heavy atom. The van der Waals surface area contributed by atoms with Gasteiger partial charge in [-0.15, -0.1) is 11.3 Å². The zero-order chi connectivity index (χ0) is 17.8. The summed E-state index contributed by atoms with van der Waals surface area (Å²) in [6.45, 7) is 4.70. The molecule has 7 heteroatoms. The minimum atomic E-state index is 0.612. The van der Waals surface area contributed by atoms with Crippen molar-refractivity contribution >= 4 is 17.2 Å².